The molecule has 0 saturated carbocycles. The van der Waals surface area contributed by atoms with E-state index in [1.54, 1.807) is 30.3 Å². The Morgan fingerprint density at radius 3 is 1.52 bits per heavy atom. The maximum atomic E-state index is 10.9. The number of benzene rings is 6. The van der Waals surface area contributed by atoms with Crippen LogP contribution in [0.5, 0.6) is 5.75 Å². The van der Waals surface area contributed by atoms with Gasteiger partial charge in [0.25, 0.3) is 0 Å². The number of rotatable bonds is 7. The quantitative estimate of drug-likeness (QED) is 0.117. The number of phenols is 1. The fourth-order valence-corrected chi connectivity index (χ4v) is 4.51. The molecule has 6 aromatic carbocycles. The molecule has 0 amide bonds. The Hall–Kier alpha value is -4.42. The van der Waals surface area contributed by atoms with Crippen LogP contribution in [-0.2, 0) is 0 Å². The SMILES string of the molecule is Nc1ccc(N=Nc2ccc(-c3ccc(N=Nc4ccc5ccc(N=Nc6ccccc6)c(O)c5c4N)cc3)cc2)c(N)c1.[H-].[H-].[Na+].[Na+]. The first-order chi connectivity index (χ1) is 21.4. The zero-order chi connectivity index (χ0) is 30.5. The van der Waals surface area contributed by atoms with Gasteiger partial charge in [-0.1, -0.05) is 54.6 Å². The summed E-state index contributed by atoms with van der Waals surface area (Å²) in [5.74, 6) is -0.0667. The van der Waals surface area contributed by atoms with Crippen molar-refractivity contribution in [1.29, 1.82) is 0 Å². The summed E-state index contributed by atoms with van der Waals surface area (Å²) in [6.45, 7) is 0. The molecule has 0 aromatic heterocycles. The third-order valence-electron chi connectivity index (χ3n) is 6.85. The molecule has 0 saturated heterocycles. The van der Waals surface area contributed by atoms with Gasteiger partial charge in [0, 0.05) is 5.69 Å². The van der Waals surface area contributed by atoms with Gasteiger partial charge in [-0.2, -0.15) is 15.3 Å². The molecule has 0 aliphatic carbocycles. The van der Waals surface area contributed by atoms with E-state index in [-0.39, 0.29) is 67.7 Å². The van der Waals surface area contributed by atoms with Crippen LogP contribution in [0.2, 0.25) is 0 Å². The van der Waals surface area contributed by atoms with Crippen LogP contribution >= 0.6 is 0 Å². The zero-order valence-corrected chi connectivity index (χ0v) is 29.4. The molecule has 46 heavy (non-hydrogen) atoms. The van der Waals surface area contributed by atoms with E-state index in [0.29, 0.717) is 56.6 Å². The Morgan fingerprint density at radius 2 is 0.957 bits per heavy atom. The molecule has 218 valence electrons. The van der Waals surface area contributed by atoms with E-state index in [4.69, 9.17) is 17.2 Å². The Bertz CT molecular complexity index is 2060. The van der Waals surface area contributed by atoms with Crippen molar-refractivity contribution in [3.8, 4) is 16.9 Å². The minimum absolute atomic E-state index is 0. The average Bonchev–Trinajstić information content (AvgIpc) is 3.05. The number of nitrogens with two attached hydrogens (primary N) is 3. The van der Waals surface area contributed by atoms with Crippen LogP contribution in [0.1, 0.15) is 2.85 Å². The summed E-state index contributed by atoms with van der Waals surface area (Å²) in [5.41, 5.74) is 24.8. The molecule has 0 spiro atoms. The second kappa shape index (κ2) is 15.7. The fourth-order valence-electron chi connectivity index (χ4n) is 4.51. The molecule has 0 atom stereocenters. The zero-order valence-electron chi connectivity index (χ0n) is 27.4. The maximum Gasteiger partial charge on any atom is 1.00 e. The van der Waals surface area contributed by atoms with Crippen LogP contribution in [0.4, 0.5) is 51.2 Å². The molecule has 0 radical (unpaired) electrons. The first-order valence-electron chi connectivity index (χ1n) is 13.6. The molecule has 0 fully saturated rings. The van der Waals surface area contributed by atoms with Crippen molar-refractivity contribution >= 4 is 62.0 Å². The molecule has 0 aliphatic heterocycles. The normalized spacial score (nSPS) is 11.2. The van der Waals surface area contributed by atoms with Gasteiger partial charge >= 0.3 is 59.1 Å². The van der Waals surface area contributed by atoms with Gasteiger partial charge in [-0.3, -0.25) is 0 Å². The standard InChI is InChI=1S/C34H27N9O.2Na.2H/c35-24-12-19-29(28(36)20-24)41-39-26-13-6-21(7-14-26)22-8-15-27(16-9-22)40-42-30-17-10-23-11-18-31(34(44)32(23)33(30)37)43-38-25-4-2-1-3-5-25;;;;/h1-20,44H,35-37H2;;;;/q;2*+1;2*-1. The summed E-state index contributed by atoms with van der Waals surface area (Å²) >= 11 is 0. The van der Waals surface area contributed by atoms with Crippen molar-refractivity contribution in [2.24, 2.45) is 30.7 Å². The molecule has 0 unspecified atom stereocenters. The smallest absolute Gasteiger partial charge is 1.00 e. The molecular weight excluding hydrogens is 596 g/mol. The number of aromatic hydroxyl groups is 1. The molecule has 6 aromatic rings. The first-order valence-corrected chi connectivity index (χ1v) is 13.6. The van der Waals surface area contributed by atoms with Gasteiger partial charge in [0.2, 0.25) is 0 Å². The van der Waals surface area contributed by atoms with Gasteiger partial charge in [0.1, 0.15) is 17.1 Å². The van der Waals surface area contributed by atoms with Crippen LogP contribution in [-0.4, -0.2) is 5.11 Å². The molecule has 0 bridgehead atoms. The topological polar surface area (TPSA) is 172 Å². The first kappa shape index (κ1) is 34.5. The largest absolute Gasteiger partial charge is 1.00 e. The maximum absolute atomic E-state index is 10.9. The van der Waals surface area contributed by atoms with Crippen LogP contribution in [0.3, 0.4) is 0 Å². The molecule has 12 heteroatoms. The summed E-state index contributed by atoms with van der Waals surface area (Å²) in [5, 5.41) is 37.8. The third kappa shape index (κ3) is 8.04. The van der Waals surface area contributed by atoms with Gasteiger partial charge < -0.3 is 25.2 Å². The Balaban J connectivity index is 0.00000200. The van der Waals surface area contributed by atoms with E-state index in [0.717, 1.165) is 16.5 Å². The second-order valence-electron chi connectivity index (χ2n) is 9.88. The van der Waals surface area contributed by atoms with E-state index in [1.165, 1.54) is 0 Å². The van der Waals surface area contributed by atoms with E-state index in [9.17, 15) is 5.11 Å². The minimum atomic E-state index is -0.0667. The summed E-state index contributed by atoms with van der Waals surface area (Å²) in [6.07, 6.45) is 0. The van der Waals surface area contributed by atoms with E-state index in [1.807, 2.05) is 91.0 Å². The van der Waals surface area contributed by atoms with Crippen LogP contribution in [0, 0.1) is 0 Å². The number of phenolic OH excluding ortho intramolecular Hbond substituents is 1. The molecular formula is C34H29N9Na2O. The third-order valence-corrected chi connectivity index (χ3v) is 6.85. The van der Waals surface area contributed by atoms with Crippen LogP contribution < -0.4 is 76.3 Å². The second-order valence-corrected chi connectivity index (χ2v) is 9.88. The molecule has 6 rings (SSSR count). The van der Waals surface area contributed by atoms with Gasteiger partial charge in [-0.25, -0.2) is 0 Å². The monoisotopic (exact) mass is 625 g/mol. The van der Waals surface area contributed by atoms with Crippen molar-refractivity contribution in [3.05, 3.63) is 121 Å². The van der Waals surface area contributed by atoms with Crippen molar-refractivity contribution in [2.45, 2.75) is 0 Å². The molecule has 0 heterocycles. The minimum Gasteiger partial charge on any atom is -1.00 e. The van der Waals surface area contributed by atoms with Crippen molar-refractivity contribution < 1.29 is 67.1 Å². The number of hydrogen-bond donors (Lipinski definition) is 4. The Kier molecular flexibility index (Phi) is 11.8. The van der Waals surface area contributed by atoms with Gasteiger partial charge in [-0.05, 0) is 83.2 Å². The summed E-state index contributed by atoms with van der Waals surface area (Å²) in [4.78, 5) is 0. The summed E-state index contributed by atoms with van der Waals surface area (Å²) in [7, 11) is 0. The van der Waals surface area contributed by atoms with Gasteiger partial charge in [0.15, 0.2) is 5.75 Å². The average molecular weight is 626 g/mol. The number of azo groups is 3. The molecule has 10 nitrogen and oxygen atoms in total. The molecule has 7 N–H and O–H groups in total. The number of anilines is 3. The van der Waals surface area contributed by atoms with Crippen molar-refractivity contribution in [3.63, 3.8) is 0 Å². The molecule has 0 aliphatic rings. The number of nitrogen functional groups attached to an aromatic ring is 3. The van der Waals surface area contributed by atoms with Crippen LogP contribution in [0.25, 0.3) is 21.9 Å². The van der Waals surface area contributed by atoms with Crippen molar-refractivity contribution in [1.82, 2.24) is 0 Å². The Morgan fingerprint density at radius 1 is 0.478 bits per heavy atom. The number of nitrogens with zero attached hydrogens (tertiary/aromatic N) is 6. The van der Waals surface area contributed by atoms with Gasteiger partial charge in [0.05, 0.1) is 33.8 Å². The number of hydrogen-bond acceptors (Lipinski definition) is 10. The van der Waals surface area contributed by atoms with E-state index >= 15 is 0 Å². The van der Waals surface area contributed by atoms with Crippen molar-refractivity contribution in [2.75, 3.05) is 17.2 Å². The van der Waals surface area contributed by atoms with Crippen LogP contribution in [0.15, 0.2) is 152 Å². The summed E-state index contributed by atoms with van der Waals surface area (Å²) < 4.78 is 0. The van der Waals surface area contributed by atoms with E-state index in [2.05, 4.69) is 30.7 Å². The summed E-state index contributed by atoms with van der Waals surface area (Å²) in [6, 6.07) is 36.9. The van der Waals surface area contributed by atoms with E-state index < -0.39 is 0 Å². The van der Waals surface area contributed by atoms with Gasteiger partial charge in [-0.15, -0.1) is 15.3 Å². The predicted octanol–water partition coefficient (Wildman–Crippen LogP) is 4.44. The predicted molar refractivity (Wildman–Crippen MR) is 178 cm³/mol. The number of fused-ring (bicyclic) bond motifs is 1. The Labute approximate surface area is 312 Å². The fraction of sp³-hybridized carbons (Fsp3) is 0.